The van der Waals surface area contributed by atoms with E-state index in [1.807, 2.05) is 0 Å². The zero-order chi connectivity index (χ0) is 15.5. The molecule has 1 aromatic carbocycles. The summed E-state index contributed by atoms with van der Waals surface area (Å²) in [5.41, 5.74) is -1.07. The summed E-state index contributed by atoms with van der Waals surface area (Å²) >= 11 is 3.06. The fraction of sp³-hybridized carbons (Fsp3) is 0.500. The lowest BCUT2D eigenvalue weighted by molar-refractivity contribution is 0.422. The number of nitrogens with one attached hydrogen (secondary N) is 1. The molecule has 21 heavy (non-hydrogen) atoms. The zero-order valence-electron chi connectivity index (χ0n) is 11.4. The Labute approximate surface area is 132 Å². The van der Waals surface area contributed by atoms with Crippen LogP contribution in [0.2, 0.25) is 0 Å². The molecule has 1 fully saturated rings. The van der Waals surface area contributed by atoms with Crippen molar-refractivity contribution in [2.75, 3.05) is 0 Å². The van der Waals surface area contributed by atoms with Crippen molar-refractivity contribution in [2.45, 2.75) is 49.0 Å². The molecule has 0 saturated heterocycles. The lowest BCUT2D eigenvalue weighted by Crippen LogP contribution is -2.46. The van der Waals surface area contributed by atoms with Crippen LogP contribution in [0, 0.1) is 17.1 Å². The Morgan fingerprint density at radius 2 is 1.86 bits per heavy atom. The van der Waals surface area contributed by atoms with Crippen LogP contribution >= 0.6 is 15.9 Å². The fourth-order valence-corrected chi connectivity index (χ4v) is 5.00. The van der Waals surface area contributed by atoms with Crippen molar-refractivity contribution >= 4 is 26.0 Å². The topological polar surface area (TPSA) is 70.0 Å². The van der Waals surface area contributed by atoms with E-state index in [1.54, 1.807) is 0 Å². The standard InChI is InChI=1S/C14H16BrFN2O2S/c15-12-9-11(16)5-6-13(12)21(19,20)18-14(10-17)7-3-1-2-4-8-14/h5-6,9,18H,1-4,7-8H2. The van der Waals surface area contributed by atoms with Crippen LogP contribution < -0.4 is 4.72 Å². The van der Waals surface area contributed by atoms with Gasteiger partial charge in [-0.25, -0.2) is 12.8 Å². The summed E-state index contributed by atoms with van der Waals surface area (Å²) in [4.78, 5) is -0.0530. The highest BCUT2D eigenvalue weighted by Gasteiger charge is 2.36. The monoisotopic (exact) mass is 374 g/mol. The van der Waals surface area contributed by atoms with Crippen molar-refractivity contribution in [3.63, 3.8) is 0 Å². The summed E-state index contributed by atoms with van der Waals surface area (Å²) < 4.78 is 40.8. The van der Waals surface area contributed by atoms with Gasteiger partial charge in [0.1, 0.15) is 11.4 Å². The molecule has 1 saturated carbocycles. The van der Waals surface area contributed by atoms with Crippen molar-refractivity contribution in [1.29, 1.82) is 5.26 Å². The Kier molecular flexibility index (Phi) is 5.02. The summed E-state index contributed by atoms with van der Waals surface area (Å²) in [6, 6.07) is 5.52. The van der Waals surface area contributed by atoms with Gasteiger partial charge in [0.2, 0.25) is 10.0 Å². The van der Waals surface area contributed by atoms with Crippen LogP contribution in [0.4, 0.5) is 4.39 Å². The molecule has 0 atom stereocenters. The number of hydrogen-bond donors (Lipinski definition) is 1. The minimum Gasteiger partial charge on any atom is -0.207 e. The number of benzene rings is 1. The normalized spacial score (nSPS) is 18.7. The summed E-state index contributed by atoms with van der Waals surface area (Å²) in [5.74, 6) is -0.523. The van der Waals surface area contributed by atoms with E-state index in [9.17, 15) is 18.1 Å². The SMILES string of the molecule is N#CC1(NS(=O)(=O)c2ccc(F)cc2Br)CCCCCC1. The Morgan fingerprint density at radius 3 is 2.38 bits per heavy atom. The lowest BCUT2D eigenvalue weighted by Gasteiger charge is -2.26. The third-order valence-corrected chi connectivity index (χ3v) is 6.20. The van der Waals surface area contributed by atoms with Crippen molar-refractivity contribution in [2.24, 2.45) is 0 Å². The van der Waals surface area contributed by atoms with Gasteiger partial charge in [0.15, 0.2) is 0 Å². The maximum Gasteiger partial charge on any atom is 0.243 e. The van der Waals surface area contributed by atoms with Crippen LogP contribution in [-0.4, -0.2) is 14.0 Å². The third kappa shape index (κ3) is 3.82. The summed E-state index contributed by atoms with van der Waals surface area (Å²) in [5, 5.41) is 9.44. The zero-order valence-corrected chi connectivity index (χ0v) is 13.8. The Hall–Kier alpha value is -0.970. The average molecular weight is 375 g/mol. The van der Waals surface area contributed by atoms with Gasteiger partial charge >= 0.3 is 0 Å². The van der Waals surface area contributed by atoms with E-state index in [0.717, 1.165) is 37.8 Å². The maximum atomic E-state index is 13.1. The number of hydrogen-bond acceptors (Lipinski definition) is 3. The molecule has 0 bridgehead atoms. The number of nitrogens with zero attached hydrogens (tertiary/aromatic N) is 1. The highest BCUT2D eigenvalue weighted by molar-refractivity contribution is 9.10. The molecule has 0 aromatic heterocycles. The van der Waals surface area contributed by atoms with Crippen molar-refractivity contribution in [1.82, 2.24) is 4.72 Å². The molecule has 0 spiro atoms. The molecule has 1 N–H and O–H groups in total. The predicted octanol–water partition coefficient (Wildman–Crippen LogP) is 3.48. The smallest absolute Gasteiger partial charge is 0.207 e. The van der Waals surface area contributed by atoms with Gasteiger partial charge in [-0.2, -0.15) is 9.98 Å². The van der Waals surface area contributed by atoms with Gasteiger partial charge in [0, 0.05) is 4.47 Å². The first-order chi connectivity index (χ1) is 9.88. The molecule has 7 heteroatoms. The van der Waals surface area contributed by atoms with E-state index in [2.05, 4.69) is 26.7 Å². The number of nitriles is 1. The van der Waals surface area contributed by atoms with Crippen LogP contribution in [0.5, 0.6) is 0 Å². The summed E-state index contributed by atoms with van der Waals surface area (Å²) in [6.07, 6.45) is 4.65. The molecule has 2 rings (SSSR count). The molecule has 1 aromatic rings. The Morgan fingerprint density at radius 1 is 1.24 bits per heavy atom. The number of rotatable bonds is 3. The Balaban J connectivity index is 2.33. The highest BCUT2D eigenvalue weighted by Crippen LogP contribution is 2.30. The highest BCUT2D eigenvalue weighted by atomic mass is 79.9. The second-order valence-electron chi connectivity index (χ2n) is 5.29. The minimum absolute atomic E-state index is 0.0530. The molecule has 0 amide bonds. The molecule has 0 heterocycles. The average Bonchev–Trinajstić information content (AvgIpc) is 2.64. The fourth-order valence-electron chi connectivity index (χ4n) is 2.57. The summed E-state index contributed by atoms with van der Waals surface area (Å²) in [7, 11) is -3.88. The van der Waals surface area contributed by atoms with Crippen LogP contribution in [0.25, 0.3) is 0 Å². The first-order valence-electron chi connectivity index (χ1n) is 6.79. The minimum atomic E-state index is -3.88. The largest absolute Gasteiger partial charge is 0.243 e. The van der Waals surface area contributed by atoms with Gasteiger partial charge in [-0.05, 0) is 47.0 Å². The van der Waals surface area contributed by atoms with E-state index < -0.39 is 21.4 Å². The molecule has 1 aliphatic carbocycles. The van der Waals surface area contributed by atoms with Gasteiger partial charge in [0.25, 0.3) is 0 Å². The van der Waals surface area contributed by atoms with Gasteiger partial charge in [-0.15, -0.1) is 0 Å². The second-order valence-corrected chi connectivity index (χ2v) is 7.79. The molecule has 4 nitrogen and oxygen atoms in total. The molecule has 1 aliphatic rings. The van der Waals surface area contributed by atoms with Crippen LogP contribution in [0.1, 0.15) is 38.5 Å². The number of sulfonamides is 1. The van der Waals surface area contributed by atoms with Crippen LogP contribution in [0.15, 0.2) is 27.6 Å². The Bertz CT molecular complexity index is 662. The van der Waals surface area contributed by atoms with E-state index in [-0.39, 0.29) is 9.37 Å². The number of halogens is 2. The first kappa shape index (κ1) is 16.4. The van der Waals surface area contributed by atoms with Crippen LogP contribution in [0.3, 0.4) is 0 Å². The summed E-state index contributed by atoms with van der Waals surface area (Å²) in [6.45, 7) is 0. The van der Waals surface area contributed by atoms with Crippen LogP contribution in [-0.2, 0) is 10.0 Å². The van der Waals surface area contributed by atoms with Gasteiger partial charge < -0.3 is 0 Å². The first-order valence-corrected chi connectivity index (χ1v) is 9.06. The third-order valence-electron chi connectivity index (χ3n) is 3.68. The van der Waals surface area contributed by atoms with E-state index in [4.69, 9.17) is 0 Å². The van der Waals surface area contributed by atoms with Crippen molar-refractivity contribution in [3.8, 4) is 6.07 Å². The van der Waals surface area contributed by atoms with E-state index >= 15 is 0 Å². The molecule has 114 valence electrons. The maximum absolute atomic E-state index is 13.1. The van der Waals surface area contributed by atoms with Gasteiger partial charge in [-0.3, -0.25) is 0 Å². The molecule has 0 unspecified atom stereocenters. The van der Waals surface area contributed by atoms with Crippen molar-refractivity contribution in [3.05, 3.63) is 28.5 Å². The molecule has 0 aliphatic heterocycles. The lowest BCUT2D eigenvalue weighted by atomic mass is 9.94. The van der Waals surface area contributed by atoms with E-state index in [1.165, 1.54) is 6.07 Å². The molecular weight excluding hydrogens is 359 g/mol. The van der Waals surface area contributed by atoms with Gasteiger partial charge in [-0.1, -0.05) is 25.7 Å². The molecule has 0 radical (unpaired) electrons. The second kappa shape index (κ2) is 6.42. The predicted molar refractivity (Wildman–Crippen MR) is 80.5 cm³/mol. The quantitative estimate of drug-likeness (QED) is 0.823. The van der Waals surface area contributed by atoms with Gasteiger partial charge in [0.05, 0.1) is 11.0 Å². The van der Waals surface area contributed by atoms with Crippen molar-refractivity contribution < 1.29 is 12.8 Å². The van der Waals surface area contributed by atoms with E-state index in [0.29, 0.717) is 12.8 Å². The molecular formula is C14H16BrFN2O2S.